The van der Waals surface area contributed by atoms with Crippen molar-refractivity contribution in [1.82, 2.24) is 10.6 Å². The van der Waals surface area contributed by atoms with Gasteiger partial charge in [-0.3, -0.25) is 4.79 Å². The quantitative estimate of drug-likeness (QED) is 0.750. The van der Waals surface area contributed by atoms with Crippen LogP contribution < -0.4 is 15.4 Å². The van der Waals surface area contributed by atoms with Gasteiger partial charge in [0.1, 0.15) is 5.75 Å². The number of carbonyl (C=O) groups is 1. The van der Waals surface area contributed by atoms with Gasteiger partial charge in [0.15, 0.2) is 6.61 Å². The summed E-state index contributed by atoms with van der Waals surface area (Å²) in [5, 5.41) is 5.93. The van der Waals surface area contributed by atoms with E-state index in [0.717, 1.165) is 24.4 Å². The largest absolute Gasteiger partial charge is 0.484 e. The van der Waals surface area contributed by atoms with E-state index >= 15 is 0 Å². The first-order valence-electron chi connectivity index (χ1n) is 5.95. The zero-order valence-electron chi connectivity index (χ0n) is 10.5. The maximum atomic E-state index is 11.2. The second-order valence-electron chi connectivity index (χ2n) is 3.67. The third-order valence-corrected chi connectivity index (χ3v) is 2.22. The predicted octanol–water partition coefficient (Wildman–Crippen LogP) is 1.31. The molecule has 0 unspecified atom stereocenters. The fraction of sp³-hybridized carbons (Fsp3) is 0.462. The Kier molecular flexibility index (Phi) is 6.10. The second kappa shape index (κ2) is 7.68. The molecule has 17 heavy (non-hydrogen) atoms. The summed E-state index contributed by atoms with van der Waals surface area (Å²) in [6.07, 6.45) is 0. The molecule has 0 bridgehead atoms. The Morgan fingerprint density at radius 2 is 2.12 bits per heavy atom. The molecule has 0 radical (unpaired) electrons. The van der Waals surface area contributed by atoms with Gasteiger partial charge in [-0.1, -0.05) is 19.1 Å². The number of hydrogen-bond acceptors (Lipinski definition) is 3. The number of ether oxygens (including phenoxy) is 1. The van der Waals surface area contributed by atoms with E-state index < -0.39 is 0 Å². The smallest absolute Gasteiger partial charge is 0.257 e. The number of carbonyl (C=O) groups excluding carboxylic acids is 1. The summed E-state index contributed by atoms with van der Waals surface area (Å²) in [4.78, 5) is 11.2. The average Bonchev–Trinajstić information content (AvgIpc) is 2.35. The molecule has 0 spiro atoms. The van der Waals surface area contributed by atoms with Gasteiger partial charge in [-0.05, 0) is 31.2 Å². The topological polar surface area (TPSA) is 50.4 Å². The van der Waals surface area contributed by atoms with Crippen molar-refractivity contribution < 1.29 is 9.53 Å². The van der Waals surface area contributed by atoms with Gasteiger partial charge in [-0.15, -0.1) is 0 Å². The summed E-state index contributed by atoms with van der Waals surface area (Å²) in [6.45, 7) is 6.39. The zero-order valence-corrected chi connectivity index (χ0v) is 10.5. The van der Waals surface area contributed by atoms with Crippen LogP contribution in [0.3, 0.4) is 0 Å². The molecule has 0 saturated carbocycles. The first-order valence-corrected chi connectivity index (χ1v) is 5.95. The van der Waals surface area contributed by atoms with E-state index in [0.29, 0.717) is 6.54 Å². The molecule has 0 aliphatic heterocycles. The van der Waals surface area contributed by atoms with Crippen molar-refractivity contribution in [3.63, 3.8) is 0 Å². The van der Waals surface area contributed by atoms with Crippen LogP contribution in [-0.4, -0.2) is 25.6 Å². The van der Waals surface area contributed by atoms with Crippen LogP contribution in [0, 0.1) is 0 Å². The first-order chi connectivity index (χ1) is 8.26. The molecule has 0 heterocycles. The standard InChI is InChI=1S/C13H20N2O2/c1-3-14-9-11-6-5-7-12(8-11)17-10-13(16)15-4-2/h5-8,14H,3-4,9-10H2,1-2H3,(H,15,16). The summed E-state index contributed by atoms with van der Waals surface area (Å²) in [5.74, 6) is 0.635. The van der Waals surface area contributed by atoms with Crippen LogP contribution in [-0.2, 0) is 11.3 Å². The summed E-state index contributed by atoms with van der Waals surface area (Å²) in [5.41, 5.74) is 1.15. The van der Waals surface area contributed by atoms with E-state index in [1.54, 1.807) is 0 Å². The molecular formula is C13H20N2O2. The second-order valence-corrected chi connectivity index (χ2v) is 3.67. The average molecular weight is 236 g/mol. The van der Waals surface area contributed by atoms with Crippen LogP contribution in [0.4, 0.5) is 0 Å². The predicted molar refractivity (Wildman–Crippen MR) is 68.0 cm³/mol. The molecule has 94 valence electrons. The van der Waals surface area contributed by atoms with Crippen LogP contribution in [0.25, 0.3) is 0 Å². The van der Waals surface area contributed by atoms with Crippen LogP contribution in [0.5, 0.6) is 5.75 Å². The van der Waals surface area contributed by atoms with E-state index in [4.69, 9.17) is 4.74 Å². The highest BCUT2D eigenvalue weighted by Crippen LogP contribution is 2.12. The third kappa shape index (κ3) is 5.36. The molecule has 0 atom stereocenters. The minimum atomic E-state index is -0.0930. The number of amides is 1. The Morgan fingerprint density at radius 3 is 2.82 bits per heavy atom. The first kappa shape index (κ1) is 13.5. The molecule has 1 aromatic rings. The maximum Gasteiger partial charge on any atom is 0.257 e. The minimum Gasteiger partial charge on any atom is -0.484 e. The highest BCUT2D eigenvalue weighted by atomic mass is 16.5. The molecule has 4 heteroatoms. The molecular weight excluding hydrogens is 216 g/mol. The molecule has 0 aromatic heterocycles. The molecule has 1 rings (SSSR count). The summed E-state index contributed by atoms with van der Waals surface area (Å²) >= 11 is 0. The van der Waals surface area contributed by atoms with Gasteiger partial charge in [0.25, 0.3) is 5.91 Å². The Labute approximate surface area is 102 Å². The summed E-state index contributed by atoms with van der Waals surface area (Å²) in [7, 11) is 0. The maximum absolute atomic E-state index is 11.2. The Bertz CT molecular complexity index is 353. The number of benzene rings is 1. The molecule has 0 saturated heterocycles. The minimum absolute atomic E-state index is 0.0680. The van der Waals surface area contributed by atoms with Crippen molar-refractivity contribution in [2.24, 2.45) is 0 Å². The molecule has 1 aromatic carbocycles. The number of rotatable bonds is 7. The van der Waals surface area contributed by atoms with Gasteiger partial charge in [0, 0.05) is 13.1 Å². The van der Waals surface area contributed by atoms with E-state index in [1.807, 2.05) is 31.2 Å². The molecule has 4 nitrogen and oxygen atoms in total. The lowest BCUT2D eigenvalue weighted by Gasteiger charge is -2.08. The van der Waals surface area contributed by atoms with Crippen LogP contribution in [0.15, 0.2) is 24.3 Å². The Morgan fingerprint density at radius 1 is 1.29 bits per heavy atom. The van der Waals surface area contributed by atoms with E-state index in [9.17, 15) is 4.79 Å². The van der Waals surface area contributed by atoms with Crippen molar-refractivity contribution in [1.29, 1.82) is 0 Å². The third-order valence-electron chi connectivity index (χ3n) is 2.22. The lowest BCUT2D eigenvalue weighted by Crippen LogP contribution is -2.28. The van der Waals surface area contributed by atoms with Crippen LogP contribution >= 0.6 is 0 Å². The van der Waals surface area contributed by atoms with Crippen molar-refractivity contribution in [3.05, 3.63) is 29.8 Å². The van der Waals surface area contributed by atoms with Crippen LogP contribution in [0.1, 0.15) is 19.4 Å². The zero-order chi connectivity index (χ0) is 12.5. The van der Waals surface area contributed by atoms with Gasteiger partial charge < -0.3 is 15.4 Å². The van der Waals surface area contributed by atoms with Gasteiger partial charge >= 0.3 is 0 Å². The SMILES string of the molecule is CCNCc1cccc(OCC(=O)NCC)c1. The molecule has 0 aliphatic rings. The normalized spacial score (nSPS) is 10.0. The molecule has 1 amide bonds. The molecule has 0 aliphatic carbocycles. The van der Waals surface area contributed by atoms with Crippen molar-refractivity contribution >= 4 is 5.91 Å². The van der Waals surface area contributed by atoms with Gasteiger partial charge in [-0.2, -0.15) is 0 Å². The fourth-order valence-electron chi connectivity index (χ4n) is 1.41. The van der Waals surface area contributed by atoms with Crippen molar-refractivity contribution in [2.75, 3.05) is 19.7 Å². The lowest BCUT2D eigenvalue weighted by molar-refractivity contribution is -0.122. The number of likely N-dealkylation sites (N-methyl/N-ethyl adjacent to an activating group) is 1. The highest BCUT2D eigenvalue weighted by Gasteiger charge is 2.01. The van der Waals surface area contributed by atoms with E-state index in [-0.39, 0.29) is 12.5 Å². The van der Waals surface area contributed by atoms with E-state index in [2.05, 4.69) is 17.6 Å². The fourth-order valence-corrected chi connectivity index (χ4v) is 1.41. The van der Waals surface area contributed by atoms with Gasteiger partial charge in [0.2, 0.25) is 0 Å². The van der Waals surface area contributed by atoms with Crippen molar-refractivity contribution in [3.8, 4) is 5.75 Å². The monoisotopic (exact) mass is 236 g/mol. The Hall–Kier alpha value is -1.55. The molecule has 2 N–H and O–H groups in total. The van der Waals surface area contributed by atoms with Gasteiger partial charge in [-0.25, -0.2) is 0 Å². The van der Waals surface area contributed by atoms with Gasteiger partial charge in [0.05, 0.1) is 0 Å². The Balaban J connectivity index is 2.45. The van der Waals surface area contributed by atoms with Crippen LogP contribution in [0.2, 0.25) is 0 Å². The summed E-state index contributed by atoms with van der Waals surface area (Å²) in [6, 6.07) is 7.76. The lowest BCUT2D eigenvalue weighted by atomic mass is 10.2. The molecule has 0 fully saturated rings. The highest BCUT2D eigenvalue weighted by molar-refractivity contribution is 5.77. The van der Waals surface area contributed by atoms with E-state index in [1.165, 1.54) is 0 Å². The summed E-state index contributed by atoms with van der Waals surface area (Å²) < 4.78 is 5.40. The van der Waals surface area contributed by atoms with Crippen molar-refractivity contribution in [2.45, 2.75) is 20.4 Å². The number of nitrogens with one attached hydrogen (secondary N) is 2. The number of hydrogen-bond donors (Lipinski definition) is 2.